The van der Waals surface area contributed by atoms with E-state index in [0.29, 0.717) is 12.3 Å². The molecule has 120 valence electrons. The lowest BCUT2D eigenvalue weighted by atomic mass is 10.2. The SMILES string of the molecule is Cc1ccc(S(=O)(=O)Oc2cc(C(F)(F)F)cnc2C#N)cc1. The highest BCUT2D eigenvalue weighted by Crippen LogP contribution is 2.32. The van der Waals surface area contributed by atoms with Crippen LogP contribution < -0.4 is 4.18 Å². The number of aromatic nitrogens is 1. The number of rotatable bonds is 3. The molecule has 0 aliphatic heterocycles. The molecule has 0 fully saturated rings. The smallest absolute Gasteiger partial charge is 0.376 e. The first-order chi connectivity index (χ1) is 10.6. The summed E-state index contributed by atoms with van der Waals surface area (Å²) < 4.78 is 66.9. The Labute approximate surface area is 130 Å². The molecule has 0 saturated carbocycles. The van der Waals surface area contributed by atoms with Crippen LogP contribution in [0.4, 0.5) is 13.2 Å². The fourth-order valence-corrected chi connectivity index (χ4v) is 2.55. The van der Waals surface area contributed by atoms with Crippen molar-refractivity contribution in [1.29, 1.82) is 5.26 Å². The number of benzene rings is 1. The van der Waals surface area contributed by atoms with E-state index in [4.69, 9.17) is 5.26 Å². The average molecular weight is 342 g/mol. The van der Waals surface area contributed by atoms with Crippen molar-refractivity contribution >= 4 is 10.1 Å². The van der Waals surface area contributed by atoms with Crippen LogP contribution in [0.25, 0.3) is 0 Å². The summed E-state index contributed by atoms with van der Waals surface area (Å²) in [6, 6.07) is 7.42. The van der Waals surface area contributed by atoms with Gasteiger partial charge in [0, 0.05) is 6.20 Å². The number of hydrogen-bond donors (Lipinski definition) is 0. The first-order valence-electron chi connectivity index (χ1n) is 6.12. The van der Waals surface area contributed by atoms with Crippen molar-refractivity contribution in [3.05, 3.63) is 53.3 Å². The Bertz CT molecular complexity index is 870. The number of nitriles is 1. The Balaban J connectivity index is 2.46. The minimum Gasteiger partial charge on any atom is -0.376 e. The molecule has 9 heteroatoms. The lowest BCUT2D eigenvalue weighted by molar-refractivity contribution is -0.137. The zero-order valence-corrected chi connectivity index (χ0v) is 12.4. The van der Waals surface area contributed by atoms with E-state index >= 15 is 0 Å². The Morgan fingerprint density at radius 2 is 1.83 bits per heavy atom. The number of pyridine rings is 1. The van der Waals surface area contributed by atoms with Gasteiger partial charge in [-0.1, -0.05) is 17.7 Å². The van der Waals surface area contributed by atoms with Crippen LogP contribution in [0, 0.1) is 18.3 Å². The highest BCUT2D eigenvalue weighted by Gasteiger charge is 2.33. The number of halogens is 3. The van der Waals surface area contributed by atoms with Gasteiger partial charge in [-0.2, -0.15) is 26.9 Å². The summed E-state index contributed by atoms with van der Waals surface area (Å²) in [5.74, 6) is -0.775. The van der Waals surface area contributed by atoms with Gasteiger partial charge in [0.25, 0.3) is 0 Å². The van der Waals surface area contributed by atoms with Crippen LogP contribution in [0.5, 0.6) is 5.75 Å². The quantitative estimate of drug-likeness (QED) is 0.801. The summed E-state index contributed by atoms with van der Waals surface area (Å²) in [6.45, 7) is 1.74. The lowest BCUT2D eigenvalue weighted by Crippen LogP contribution is -2.13. The minimum atomic E-state index is -4.74. The molecule has 1 aromatic carbocycles. The van der Waals surface area contributed by atoms with Gasteiger partial charge in [0.15, 0.2) is 11.4 Å². The van der Waals surface area contributed by atoms with Crippen molar-refractivity contribution in [2.45, 2.75) is 18.0 Å². The van der Waals surface area contributed by atoms with Gasteiger partial charge in [0.05, 0.1) is 5.56 Å². The molecule has 0 spiro atoms. The van der Waals surface area contributed by atoms with E-state index in [1.165, 1.54) is 30.3 Å². The average Bonchev–Trinajstić information content (AvgIpc) is 2.46. The second-order valence-electron chi connectivity index (χ2n) is 4.53. The maximum Gasteiger partial charge on any atom is 0.418 e. The molecule has 0 aliphatic rings. The largest absolute Gasteiger partial charge is 0.418 e. The van der Waals surface area contributed by atoms with Crippen LogP contribution in [0.2, 0.25) is 0 Å². The predicted octanol–water partition coefficient (Wildman–Crippen LogP) is 3.05. The molecule has 0 unspecified atom stereocenters. The lowest BCUT2D eigenvalue weighted by Gasteiger charge is -2.11. The molecule has 0 saturated heterocycles. The number of alkyl halides is 3. The molecule has 5 nitrogen and oxygen atoms in total. The predicted molar refractivity (Wildman–Crippen MR) is 72.9 cm³/mol. The maximum atomic E-state index is 12.7. The third kappa shape index (κ3) is 3.78. The maximum absolute atomic E-state index is 12.7. The first-order valence-corrected chi connectivity index (χ1v) is 7.53. The topological polar surface area (TPSA) is 80.1 Å². The second kappa shape index (κ2) is 5.89. The van der Waals surface area contributed by atoms with E-state index in [1.807, 2.05) is 0 Å². The van der Waals surface area contributed by atoms with Gasteiger partial charge in [-0.3, -0.25) is 0 Å². The molecule has 0 N–H and O–H groups in total. The van der Waals surface area contributed by atoms with Gasteiger partial charge in [-0.15, -0.1) is 0 Å². The molecule has 0 atom stereocenters. The number of nitrogens with zero attached hydrogens (tertiary/aromatic N) is 2. The fourth-order valence-electron chi connectivity index (χ4n) is 1.62. The molecule has 1 aromatic heterocycles. The van der Waals surface area contributed by atoms with E-state index in [2.05, 4.69) is 9.17 Å². The molecule has 2 aromatic rings. The van der Waals surface area contributed by atoms with Crippen molar-refractivity contribution in [3.63, 3.8) is 0 Å². The second-order valence-corrected chi connectivity index (χ2v) is 6.08. The van der Waals surface area contributed by atoms with Gasteiger partial charge in [-0.05, 0) is 25.1 Å². The summed E-state index contributed by atoms with van der Waals surface area (Å²) in [5.41, 5.74) is -0.985. The summed E-state index contributed by atoms with van der Waals surface area (Å²) in [4.78, 5) is 3.04. The monoisotopic (exact) mass is 342 g/mol. The van der Waals surface area contributed by atoms with Crippen LogP contribution in [0.15, 0.2) is 41.4 Å². The number of hydrogen-bond acceptors (Lipinski definition) is 5. The van der Waals surface area contributed by atoms with Crippen molar-refractivity contribution in [2.75, 3.05) is 0 Å². The molecule has 0 radical (unpaired) electrons. The van der Waals surface area contributed by atoms with Crippen molar-refractivity contribution in [2.24, 2.45) is 0 Å². The van der Waals surface area contributed by atoms with Gasteiger partial charge in [0.1, 0.15) is 11.0 Å². The Morgan fingerprint density at radius 3 is 2.35 bits per heavy atom. The van der Waals surface area contributed by atoms with Gasteiger partial charge in [-0.25, -0.2) is 4.98 Å². The molecule has 1 heterocycles. The van der Waals surface area contributed by atoms with Crippen molar-refractivity contribution < 1.29 is 25.8 Å². The minimum absolute atomic E-state index is 0.246. The first kappa shape index (κ1) is 16.8. The number of aryl methyl sites for hydroxylation is 1. The summed E-state index contributed by atoms with van der Waals surface area (Å²) in [6.07, 6.45) is -4.31. The molecule has 0 aliphatic carbocycles. The van der Waals surface area contributed by atoms with Crippen LogP contribution >= 0.6 is 0 Å². The normalized spacial score (nSPS) is 11.8. The van der Waals surface area contributed by atoms with Crippen LogP contribution in [0.3, 0.4) is 0 Å². The highest BCUT2D eigenvalue weighted by atomic mass is 32.2. The molecular weight excluding hydrogens is 333 g/mol. The van der Waals surface area contributed by atoms with E-state index in [-0.39, 0.29) is 4.90 Å². The molecular formula is C14H9F3N2O3S. The van der Waals surface area contributed by atoms with Crippen LogP contribution in [-0.4, -0.2) is 13.4 Å². The van der Waals surface area contributed by atoms with Crippen molar-refractivity contribution in [3.8, 4) is 11.8 Å². The molecule has 0 amide bonds. The van der Waals surface area contributed by atoms with Gasteiger partial charge >= 0.3 is 16.3 Å². The zero-order valence-electron chi connectivity index (χ0n) is 11.6. The van der Waals surface area contributed by atoms with Crippen LogP contribution in [0.1, 0.15) is 16.8 Å². The third-order valence-electron chi connectivity index (χ3n) is 2.80. The Morgan fingerprint density at radius 1 is 1.22 bits per heavy atom. The third-order valence-corrected chi connectivity index (χ3v) is 4.04. The molecule has 2 rings (SSSR count). The van der Waals surface area contributed by atoms with E-state index in [9.17, 15) is 21.6 Å². The standard InChI is InChI=1S/C14H9F3N2O3S/c1-9-2-4-11(5-3-9)23(20,21)22-13-6-10(14(15,16)17)8-19-12(13)7-18/h2-6,8H,1H3. The van der Waals surface area contributed by atoms with Gasteiger partial charge in [0.2, 0.25) is 0 Å². The summed E-state index contributed by atoms with van der Waals surface area (Å²) in [5, 5.41) is 8.85. The summed E-state index contributed by atoms with van der Waals surface area (Å²) >= 11 is 0. The van der Waals surface area contributed by atoms with Gasteiger partial charge < -0.3 is 4.18 Å². The Kier molecular flexibility index (Phi) is 4.29. The zero-order chi connectivity index (χ0) is 17.3. The summed E-state index contributed by atoms with van der Waals surface area (Å²) in [7, 11) is -4.38. The Hall–Kier alpha value is -2.60. The van der Waals surface area contributed by atoms with E-state index < -0.39 is 33.3 Å². The highest BCUT2D eigenvalue weighted by molar-refractivity contribution is 7.87. The van der Waals surface area contributed by atoms with Crippen LogP contribution in [-0.2, 0) is 16.3 Å². The molecule has 23 heavy (non-hydrogen) atoms. The fraction of sp³-hybridized carbons (Fsp3) is 0.143. The van der Waals surface area contributed by atoms with Crippen molar-refractivity contribution in [1.82, 2.24) is 4.98 Å². The van der Waals surface area contributed by atoms with E-state index in [0.717, 1.165) is 5.56 Å². The molecule has 0 bridgehead atoms. The van der Waals surface area contributed by atoms with E-state index in [1.54, 1.807) is 6.92 Å².